The molecule has 1 saturated heterocycles. The van der Waals surface area contributed by atoms with E-state index in [0.717, 1.165) is 71.3 Å². The molecule has 3 aliphatic heterocycles. The first-order chi connectivity index (χ1) is 15.6. The molecule has 9 nitrogen and oxygen atoms in total. The maximum absolute atomic E-state index is 12.8. The van der Waals surface area contributed by atoms with Crippen molar-refractivity contribution < 1.29 is 4.79 Å². The Kier molecular flexibility index (Phi) is 4.16. The molecule has 0 bridgehead atoms. The molecule has 3 aromatic rings. The maximum atomic E-state index is 12.8. The van der Waals surface area contributed by atoms with Gasteiger partial charge in [-0.15, -0.1) is 0 Å². The van der Waals surface area contributed by atoms with Crippen LogP contribution < -0.4 is 20.9 Å². The zero-order valence-electron chi connectivity index (χ0n) is 18.0. The van der Waals surface area contributed by atoms with E-state index in [2.05, 4.69) is 53.8 Å². The highest BCUT2D eigenvalue weighted by Gasteiger charge is 2.48. The minimum Gasteiger partial charge on any atom is -0.357 e. The average molecular weight is 429 g/mol. The molecule has 0 radical (unpaired) electrons. The molecule has 6 rings (SSSR count). The number of carbonyl (C=O) groups is 1. The van der Waals surface area contributed by atoms with Gasteiger partial charge in [-0.1, -0.05) is 6.07 Å². The Morgan fingerprint density at radius 2 is 2.03 bits per heavy atom. The van der Waals surface area contributed by atoms with Crippen molar-refractivity contribution >= 4 is 23.1 Å². The summed E-state index contributed by atoms with van der Waals surface area (Å²) in [6, 6.07) is 6.08. The first-order valence-corrected chi connectivity index (χ1v) is 11.0. The Morgan fingerprint density at radius 3 is 2.78 bits per heavy atom. The van der Waals surface area contributed by atoms with Gasteiger partial charge in [0.25, 0.3) is 0 Å². The maximum Gasteiger partial charge on any atom is 0.249 e. The molecule has 9 heteroatoms. The van der Waals surface area contributed by atoms with Gasteiger partial charge >= 0.3 is 0 Å². The van der Waals surface area contributed by atoms with Crippen molar-refractivity contribution in [3.05, 3.63) is 53.9 Å². The van der Waals surface area contributed by atoms with Crippen molar-refractivity contribution in [2.24, 2.45) is 0 Å². The van der Waals surface area contributed by atoms with Crippen LogP contribution in [0.1, 0.15) is 42.9 Å². The number of carbonyl (C=O) groups excluding carboxylic acids is 1. The zero-order valence-corrected chi connectivity index (χ0v) is 18.0. The second kappa shape index (κ2) is 6.96. The summed E-state index contributed by atoms with van der Waals surface area (Å²) in [5.41, 5.74) is 4.86. The lowest BCUT2D eigenvalue weighted by Crippen LogP contribution is -2.43. The number of aromatic nitrogens is 4. The lowest BCUT2D eigenvalue weighted by atomic mass is 9.88. The number of amides is 1. The number of anilines is 3. The Bertz CT molecular complexity index is 1220. The van der Waals surface area contributed by atoms with Gasteiger partial charge in [-0.2, -0.15) is 0 Å². The van der Waals surface area contributed by atoms with E-state index in [1.807, 2.05) is 31.5 Å². The van der Waals surface area contributed by atoms with Crippen LogP contribution in [0, 0.1) is 6.92 Å². The fourth-order valence-corrected chi connectivity index (χ4v) is 5.09. The monoisotopic (exact) mass is 428 g/mol. The predicted molar refractivity (Wildman–Crippen MR) is 121 cm³/mol. The molecule has 0 saturated carbocycles. The van der Waals surface area contributed by atoms with Crippen molar-refractivity contribution in [3.63, 3.8) is 0 Å². The third-order valence-electron chi connectivity index (χ3n) is 6.69. The van der Waals surface area contributed by atoms with Crippen LogP contribution in [0.5, 0.6) is 0 Å². The van der Waals surface area contributed by atoms with Crippen LogP contribution in [0.4, 0.5) is 17.2 Å². The van der Waals surface area contributed by atoms with Crippen LogP contribution in [0.2, 0.25) is 0 Å². The minimum atomic E-state index is -0.633. The van der Waals surface area contributed by atoms with Gasteiger partial charge in [0, 0.05) is 41.3 Å². The summed E-state index contributed by atoms with van der Waals surface area (Å²) in [5.74, 6) is 1.62. The average Bonchev–Trinajstić information content (AvgIpc) is 3.51. The Hall–Kier alpha value is -3.59. The van der Waals surface area contributed by atoms with Gasteiger partial charge in [-0.25, -0.2) is 19.9 Å². The van der Waals surface area contributed by atoms with Crippen molar-refractivity contribution in [2.75, 3.05) is 28.6 Å². The van der Waals surface area contributed by atoms with Gasteiger partial charge in [0.05, 0.1) is 5.69 Å². The number of nitrogens with zero attached hydrogens (tertiary/aromatic N) is 5. The molecule has 1 amide bonds. The summed E-state index contributed by atoms with van der Waals surface area (Å²) in [7, 11) is 0. The standard InChI is InChI=1S/C23H24N8O/c1-3-31-20(15-10-24-13(2)25-11-15)30-19-18(26-12-27-21(19)31)14-5-6-17-16(9-14)23(22(32)29-17)7-4-8-28-23/h5-6,9-12,20,28,30H,3-4,7-8H2,1-2H3,(H,29,32). The van der Waals surface area contributed by atoms with Crippen LogP contribution in [-0.4, -0.2) is 38.9 Å². The van der Waals surface area contributed by atoms with Gasteiger partial charge in [0.15, 0.2) is 5.82 Å². The molecular weight excluding hydrogens is 404 g/mol. The molecule has 1 fully saturated rings. The van der Waals surface area contributed by atoms with Crippen LogP contribution in [-0.2, 0) is 10.3 Å². The van der Waals surface area contributed by atoms with Gasteiger partial charge in [-0.3, -0.25) is 10.1 Å². The Labute approximate surface area is 185 Å². The van der Waals surface area contributed by atoms with E-state index in [0.29, 0.717) is 0 Å². The second-order valence-corrected chi connectivity index (χ2v) is 8.47. The largest absolute Gasteiger partial charge is 0.357 e. The van der Waals surface area contributed by atoms with Gasteiger partial charge in [0.1, 0.15) is 29.5 Å². The molecule has 2 unspecified atom stereocenters. The zero-order chi connectivity index (χ0) is 21.9. The first-order valence-electron chi connectivity index (χ1n) is 11.0. The van der Waals surface area contributed by atoms with E-state index in [9.17, 15) is 4.79 Å². The third-order valence-corrected chi connectivity index (χ3v) is 6.69. The van der Waals surface area contributed by atoms with Crippen LogP contribution >= 0.6 is 0 Å². The minimum absolute atomic E-state index is 0.0322. The van der Waals surface area contributed by atoms with Crippen LogP contribution in [0.15, 0.2) is 36.9 Å². The fraction of sp³-hybridized carbons (Fsp3) is 0.348. The molecular formula is C23H24N8O. The molecule has 1 spiro atoms. The SMILES string of the molecule is CCN1c2ncnc(-c3ccc4c(c3)C3(CCCN3)C(=O)N4)c2NC1c1cnc(C)nc1. The van der Waals surface area contributed by atoms with E-state index in [-0.39, 0.29) is 12.1 Å². The summed E-state index contributed by atoms with van der Waals surface area (Å²) in [6.07, 6.45) is 6.97. The number of fused-ring (bicyclic) bond motifs is 3. The van der Waals surface area contributed by atoms with Gasteiger partial charge < -0.3 is 15.5 Å². The Morgan fingerprint density at radius 1 is 1.19 bits per heavy atom. The molecule has 3 aliphatic rings. The highest BCUT2D eigenvalue weighted by Crippen LogP contribution is 2.47. The Balaban J connectivity index is 1.43. The molecule has 5 heterocycles. The molecule has 0 aliphatic carbocycles. The van der Waals surface area contributed by atoms with E-state index in [4.69, 9.17) is 0 Å². The van der Waals surface area contributed by atoms with Crippen molar-refractivity contribution in [2.45, 2.75) is 38.4 Å². The summed E-state index contributed by atoms with van der Waals surface area (Å²) in [5, 5.41) is 10.1. The van der Waals surface area contributed by atoms with Crippen LogP contribution in [0.3, 0.4) is 0 Å². The lowest BCUT2D eigenvalue weighted by molar-refractivity contribution is -0.121. The van der Waals surface area contributed by atoms with E-state index in [1.165, 1.54) is 0 Å². The fourth-order valence-electron chi connectivity index (χ4n) is 5.09. The summed E-state index contributed by atoms with van der Waals surface area (Å²) >= 11 is 0. The first kappa shape index (κ1) is 19.1. The molecule has 1 aromatic carbocycles. The smallest absolute Gasteiger partial charge is 0.249 e. The number of hydrogen-bond acceptors (Lipinski definition) is 8. The molecule has 2 atom stereocenters. The highest BCUT2D eigenvalue weighted by atomic mass is 16.2. The van der Waals surface area contributed by atoms with E-state index >= 15 is 0 Å². The molecule has 32 heavy (non-hydrogen) atoms. The van der Waals surface area contributed by atoms with Crippen LogP contribution in [0.25, 0.3) is 11.3 Å². The topological polar surface area (TPSA) is 108 Å². The molecule has 2 aromatic heterocycles. The third kappa shape index (κ3) is 2.64. The van der Waals surface area contributed by atoms with Gasteiger partial charge in [-0.05, 0) is 45.4 Å². The number of hydrogen-bond donors (Lipinski definition) is 3. The van der Waals surface area contributed by atoms with E-state index in [1.54, 1.807) is 6.33 Å². The van der Waals surface area contributed by atoms with Crippen molar-refractivity contribution in [1.29, 1.82) is 0 Å². The predicted octanol–water partition coefficient (Wildman–Crippen LogP) is 2.72. The quantitative estimate of drug-likeness (QED) is 0.585. The number of rotatable bonds is 3. The lowest BCUT2D eigenvalue weighted by Gasteiger charge is -2.24. The van der Waals surface area contributed by atoms with Crippen molar-refractivity contribution in [1.82, 2.24) is 25.3 Å². The van der Waals surface area contributed by atoms with Crippen molar-refractivity contribution in [3.8, 4) is 11.3 Å². The normalized spacial score (nSPS) is 23.2. The summed E-state index contributed by atoms with van der Waals surface area (Å²) in [6.45, 7) is 5.59. The molecule has 162 valence electrons. The number of aryl methyl sites for hydroxylation is 1. The second-order valence-electron chi connectivity index (χ2n) is 8.47. The number of benzene rings is 1. The summed E-state index contributed by atoms with van der Waals surface area (Å²) < 4.78 is 0. The number of nitrogens with one attached hydrogen (secondary N) is 3. The summed E-state index contributed by atoms with van der Waals surface area (Å²) in [4.78, 5) is 32.9. The van der Waals surface area contributed by atoms with Gasteiger partial charge in [0.2, 0.25) is 5.91 Å². The molecule has 3 N–H and O–H groups in total. The highest BCUT2D eigenvalue weighted by molar-refractivity contribution is 6.06. The van der Waals surface area contributed by atoms with E-state index < -0.39 is 5.54 Å².